The van der Waals surface area contributed by atoms with Crippen molar-refractivity contribution in [2.75, 3.05) is 33.4 Å². The van der Waals surface area contributed by atoms with E-state index in [1.807, 2.05) is 48.5 Å². The Labute approximate surface area is 159 Å². The third-order valence-electron chi connectivity index (χ3n) is 6.05. The van der Waals surface area contributed by atoms with Gasteiger partial charge in [0.1, 0.15) is 5.75 Å². The van der Waals surface area contributed by atoms with E-state index >= 15 is 0 Å². The van der Waals surface area contributed by atoms with Crippen LogP contribution in [0.15, 0.2) is 54.6 Å². The van der Waals surface area contributed by atoms with Crippen LogP contribution in [0.1, 0.15) is 23.5 Å². The number of benzene rings is 2. The maximum atomic E-state index is 11.9. The predicted molar refractivity (Wildman–Crippen MR) is 102 cm³/mol. The summed E-state index contributed by atoms with van der Waals surface area (Å²) in [7, 11) is 1.69. The van der Waals surface area contributed by atoms with Gasteiger partial charge in [-0.1, -0.05) is 48.5 Å². The summed E-state index contributed by atoms with van der Waals surface area (Å²) in [5, 5.41) is 9.77. The molecule has 2 aliphatic rings. The Bertz CT molecular complexity index is 803. The minimum atomic E-state index is -0.709. The van der Waals surface area contributed by atoms with E-state index in [9.17, 15) is 9.90 Å². The summed E-state index contributed by atoms with van der Waals surface area (Å²) in [6.07, 6.45) is 0.631. The molecule has 2 aromatic carbocycles. The van der Waals surface area contributed by atoms with Crippen LogP contribution in [0.3, 0.4) is 0 Å². The lowest BCUT2D eigenvalue weighted by molar-refractivity contribution is -0.164. The summed E-state index contributed by atoms with van der Waals surface area (Å²) >= 11 is 0. The predicted octanol–water partition coefficient (Wildman–Crippen LogP) is 3.11. The molecule has 2 unspecified atom stereocenters. The zero-order valence-corrected chi connectivity index (χ0v) is 15.5. The minimum Gasteiger partial charge on any atom is -0.496 e. The fraction of sp³-hybridized carbons (Fsp3) is 0.409. The molecular weight excluding hydrogens is 342 g/mol. The van der Waals surface area contributed by atoms with Crippen LogP contribution in [0.5, 0.6) is 5.75 Å². The van der Waals surface area contributed by atoms with E-state index in [1.165, 1.54) is 0 Å². The number of piperidine rings is 1. The molecule has 2 atom stereocenters. The number of para-hydroxylation sites is 1. The molecule has 27 heavy (non-hydrogen) atoms. The molecule has 5 nitrogen and oxygen atoms in total. The maximum absolute atomic E-state index is 11.9. The van der Waals surface area contributed by atoms with Gasteiger partial charge in [-0.3, -0.25) is 9.69 Å². The summed E-state index contributed by atoms with van der Waals surface area (Å²) in [6.45, 7) is 2.64. The molecule has 0 spiro atoms. The van der Waals surface area contributed by atoms with Crippen molar-refractivity contribution >= 4 is 5.97 Å². The van der Waals surface area contributed by atoms with Crippen molar-refractivity contribution in [1.29, 1.82) is 0 Å². The number of methoxy groups -OCH3 is 1. The molecule has 0 aliphatic carbocycles. The highest BCUT2D eigenvalue weighted by Crippen LogP contribution is 2.45. The van der Waals surface area contributed by atoms with Crippen molar-refractivity contribution < 1.29 is 19.4 Å². The molecule has 0 radical (unpaired) electrons. The first-order valence-electron chi connectivity index (χ1n) is 9.40. The number of carboxylic acid groups (broad SMARTS) is 1. The van der Waals surface area contributed by atoms with E-state index in [2.05, 4.69) is 11.0 Å². The Hall–Kier alpha value is -2.37. The van der Waals surface area contributed by atoms with Crippen molar-refractivity contribution in [3.63, 3.8) is 0 Å². The summed E-state index contributed by atoms with van der Waals surface area (Å²) in [5.74, 6) is -0.249. The highest BCUT2D eigenvalue weighted by molar-refractivity contribution is 5.71. The third-order valence-corrected chi connectivity index (χ3v) is 6.05. The number of aliphatic carboxylic acids is 1. The van der Waals surface area contributed by atoms with Gasteiger partial charge < -0.3 is 14.6 Å². The second-order valence-corrected chi connectivity index (χ2v) is 7.42. The van der Waals surface area contributed by atoms with Crippen LogP contribution in [0, 0.1) is 5.92 Å². The molecule has 4 rings (SSSR count). The van der Waals surface area contributed by atoms with Crippen LogP contribution in [0.2, 0.25) is 0 Å². The van der Waals surface area contributed by atoms with E-state index in [0.29, 0.717) is 26.2 Å². The molecule has 2 aromatic rings. The zero-order chi connectivity index (χ0) is 18.9. The van der Waals surface area contributed by atoms with E-state index in [-0.39, 0.29) is 17.4 Å². The molecule has 0 aromatic heterocycles. The number of carboxylic acids is 1. The molecule has 0 amide bonds. The van der Waals surface area contributed by atoms with Gasteiger partial charge in [-0.25, -0.2) is 0 Å². The van der Waals surface area contributed by atoms with Gasteiger partial charge in [0.15, 0.2) is 0 Å². The number of rotatable bonds is 5. The summed E-state index contributed by atoms with van der Waals surface area (Å²) in [4.78, 5) is 14.3. The molecular formula is C22H25NO4. The lowest BCUT2D eigenvalue weighted by atomic mass is 9.76. The first kappa shape index (κ1) is 18.0. The van der Waals surface area contributed by atoms with Gasteiger partial charge in [0, 0.05) is 24.6 Å². The van der Waals surface area contributed by atoms with Crippen molar-refractivity contribution in [2.45, 2.75) is 17.9 Å². The molecule has 2 fully saturated rings. The fourth-order valence-corrected chi connectivity index (χ4v) is 4.51. The highest BCUT2D eigenvalue weighted by Gasteiger charge is 2.50. The third kappa shape index (κ3) is 3.11. The van der Waals surface area contributed by atoms with E-state index in [4.69, 9.17) is 9.47 Å². The van der Waals surface area contributed by atoms with Gasteiger partial charge in [-0.15, -0.1) is 0 Å². The van der Waals surface area contributed by atoms with Gasteiger partial charge in [0.25, 0.3) is 0 Å². The van der Waals surface area contributed by atoms with E-state index in [0.717, 1.165) is 23.4 Å². The maximum Gasteiger partial charge on any atom is 0.307 e. The minimum absolute atomic E-state index is 0.0374. The van der Waals surface area contributed by atoms with Gasteiger partial charge in [-0.05, 0) is 18.1 Å². The zero-order valence-electron chi connectivity index (χ0n) is 15.5. The quantitative estimate of drug-likeness (QED) is 0.880. The van der Waals surface area contributed by atoms with Crippen molar-refractivity contribution in [1.82, 2.24) is 4.90 Å². The SMILES string of the molecule is COc1ccccc1C1(N2CCC(C(=O)O)C(c3ccccc3)C2)COC1. The van der Waals surface area contributed by atoms with Crippen molar-refractivity contribution in [2.24, 2.45) is 5.92 Å². The van der Waals surface area contributed by atoms with Crippen LogP contribution in [-0.2, 0) is 15.1 Å². The molecule has 1 N–H and O–H groups in total. The Kier molecular flexibility index (Phi) is 4.89. The first-order chi connectivity index (χ1) is 13.2. The first-order valence-corrected chi connectivity index (χ1v) is 9.40. The number of nitrogens with zero attached hydrogens (tertiary/aromatic N) is 1. The van der Waals surface area contributed by atoms with Crippen LogP contribution in [-0.4, -0.2) is 49.4 Å². The second-order valence-electron chi connectivity index (χ2n) is 7.42. The average Bonchev–Trinajstić information content (AvgIpc) is 2.68. The molecule has 0 saturated carbocycles. The molecule has 2 saturated heterocycles. The molecule has 142 valence electrons. The van der Waals surface area contributed by atoms with Crippen molar-refractivity contribution in [3.8, 4) is 5.75 Å². The molecule has 0 bridgehead atoms. The number of ether oxygens (including phenoxy) is 2. The molecule has 5 heteroatoms. The van der Waals surface area contributed by atoms with Crippen LogP contribution >= 0.6 is 0 Å². The fourth-order valence-electron chi connectivity index (χ4n) is 4.51. The van der Waals surface area contributed by atoms with E-state index < -0.39 is 5.97 Å². The van der Waals surface area contributed by atoms with E-state index in [1.54, 1.807) is 7.11 Å². The Morgan fingerprint density at radius 2 is 1.85 bits per heavy atom. The van der Waals surface area contributed by atoms with Crippen LogP contribution in [0.25, 0.3) is 0 Å². The second kappa shape index (κ2) is 7.33. The molecule has 2 aliphatic heterocycles. The van der Waals surface area contributed by atoms with Gasteiger partial charge in [-0.2, -0.15) is 0 Å². The number of hydrogen-bond acceptors (Lipinski definition) is 4. The largest absolute Gasteiger partial charge is 0.496 e. The van der Waals surface area contributed by atoms with Crippen LogP contribution < -0.4 is 4.74 Å². The Morgan fingerprint density at radius 1 is 1.15 bits per heavy atom. The monoisotopic (exact) mass is 367 g/mol. The average molecular weight is 367 g/mol. The summed E-state index contributed by atoms with van der Waals surface area (Å²) < 4.78 is 11.3. The Morgan fingerprint density at radius 3 is 2.48 bits per heavy atom. The summed E-state index contributed by atoms with van der Waals surface area (Å²) in [6, 6.07) is 18.1. The topological polar surface area (TPSA) is 59.0 Å². The van der Waals surface area contributed by atoms with Crippen LogP contribution in [0.4, 0.5) is 0 Å². The highest BCUT2D eigenvalue weighted by atomic mass is 16.5. The van der Waals surface area contributed by atoms with Gasteiger partial charge in [0.05, 0.1) is 31.8 Å². The lowest BCUT2D eigenvalue weighted by Gasteiger charge is -2.53. The smallest absolute Gasteiger partial charge is 0.307 e. The number of carbonyl (C=O) groups is 1. The van der Waals surface area contributed by atoms with Gasteiger partial charge in [0.2, 0.25) is 0 Å². The lowest BCUT2D eigenvalue weighted by Crippen LogP contribution is -2.62. The van der Waals surface area contributed by atoms with Crippen molar-refractivity contribution in [3.05, 3.63) is 65.7 Å². The number of likely N-dealkylation sites (tertiary alicyclic amines) is 1. The van der Waals surface area contributed by atoms with Gasteiger partial charge >= 0.3 is 5.97 Å². The normalized spacial score (nSPS) is 24.8. The standard InChI is InChI=1S/C22H25NO4/c1-26-20-10-6-5-9-19(20)22(14-27-15-22)23-12-11-17(21(24)25)18(13-23)16-7-3-2-4-8-16/h2-10,17-18H,11-15H2,1H3,(H,24,25). The number of hydrogen-bond donors (Lipinski definition) is 1. The molecule has 2 heterocycles. The Balaban J connectivity index is 1.68. The summed E-state index contributed by atoms with van der Waals surface area (Å²) in [5.41, 5.74) is 1.97.